The first kappa shape index (κ1) is 13.7. The monoisotopic (exact) mass is 269 g/mol. The van der Waals surface area contributed by atoms with Crippen LogP contribution in [0.1, 0.15) is 31.4 Å². The standard InChI is InChI=1S/C14H20ClNO2/c1-3-18-14(9-4-5-9)13(16)11-8-10(15)6-7-12(11)17-2/h6-9,13-14H,3-5,16H2,1-2H3. The topological polar surface area (TPSA) is 44.5 Å². The Bertz CT molecular complexity index is 407. The third-order valence-corrected chi connectivity index (χ3v) is 3.59. The quantitative estimate of drug-likeness (QED) is 0.863. The van der Waals surface area contributed by atoms with Crippen molar-refractivity contribution in [2.75, 3.05) is 13.7 Å². The van der Waals surface area contributed by atoms with Crippen molar-refractivity contribution in [1.82, 2.24) is 0 Å². The number of methoxy groups -OCH3 is 1. The highest BCUT2D eigenvalue weighted by Gasteiger charge is 2.37. The number of nitrogens with two attached hydrogens (primary N) is 1. The lowest BCUT2D eigenvalue weighted by atomic mass is 9.98. The Morgan fingerprint density at radius 1 is 1.44 bits per heavy atom. The summed E-state index contributed by atoms with van der Waals surface area (Å²) < 4.78 is 11.2. The summed E-state index contributed by atoms with van der Waals surface area (Å²) in [6, 6.07) is 5.35. The molecule has 0 radical (unpaired) electrons. The van der Waals surface area contributed by atoms with Gasteiger partial charge in [-0.2, -0.15) is 0 Å². The maximum Gasteiger partial charge on any atom is 0.123 e. The summed E-state index contributed by atoms with van der Waals surface area (Å²) in [6.07, 6.45) is 2.45. The van der Waals surface area contributed by atoms with Crippen LogP contribution in [0.3, 0.4) is 0 Å². The largest absolute Gasteiger partial charge is 0.496 e. The minimum Gasteiger partial charge on any atom is -0.496 e. The van der Waals surface area contributed by atoms with E-state index in [1.165, 1.54) is 12.8 Å². The molecule has 1 fully saturated rings. The van der Waals surface area contributed by atoms with Crippen LogP contribution in [0, 0.1) is 5.92 Å². The van der Waals surface area contributed by atoms with E-state index in [-0.39, 0.29) is 12.1 Å². The molecule has 0 saturated heterocycles. The van der Waals surface area contributed by atoms with Gasteiger partial charge >= 0.3 is 0 Å². The van der Waals surface area contributed by atoms with Crippen LogP contribution in [0.2, 0.25) is 5.02 Å². The second-order valence-electron chi connectivity index (χ2n) is 4.67. The van der Waals surface area contributed by atoms with Gasteiger partial charge in [0.2, 0.25) is 0 Å². The molecule has 2 atom stereocenters. The first-order valence-corrected chi connectivity index (χ1v) is 6.75. The van der Waals surface area contributed by atoms with Gasteiger partial charge in [0.15, 0.2) is 0 Å². The Morgan fingerprint density at radius 2 is 2.17 bits per heavy atom. The molecule has 1 aromatic rings. The minimum atomic E-state index is -0.189. The smallest absolute Gasteiger partial charge is 0.123 e. The molecule has 0 spiro atoms. The van der Waals surface area contributed by atoms with E-state index in [0.29, 0.717) is 17.5 Å². The predicted molar refractivity (Wildman–Crippen MR) is 73.1 cm³/mol. The van der Waals surface area contributed by atoms with E-state index in [9.17, 15) is 0 Å². The normalized spacial score (nSPS) is 18.4. The van der Waals surface area contributed by atoms with E-state index < -0.39 is 0 Å². The molecule has 0 heterocycles. The van der Waals surface area contributed by atoms with Gasteiger partial charge in [-0.25, -0.2) is 0 Å². The summed E-state index contributed by atoms with van der Waals surface area (Å²) in [5.74, 6) is 1.35. The highest BCUT2D eigenvalue weighted by Crippen LogP contribution is 2.41. The Morgan fingerprint density at radius 3 is 2.72 bits per heavy atom. The summed E-state index contributed by atoms with van der Waals surface area (Å²) in [5, 5.41) is 0.673. The third-order valence-electron chi connectivity index (χ3n) is 3.35. The highest BCUT2D eigenvalue weighted by atomic mass is 35.5. The van der Waals surface area contributed by atoms with Gasteiger partial charge in [-0.05, 0) is 43.9 Å². The molecule has 1 saturated carbocycles. The highest BCUT2D eigenvalue weighted by molar-refractivity contribution is 6.30. The van der Waals surface area contributed by atoms with Gasteiger partial charge < -0.3 is 15.2 Å². The fourth-order valence-corrected chi connectivity index (χ4v) is 2.47. The predicted octanol–water partition coefficient (Wildman–Crippen LogP) is 3.16. The molecule has 0 aliphatic heterocycles. The SMILES string of the molecule is CCOC(C1CC1)C(N)c1cc(Cl)ccc1OC. The Balaban J connectivity index is 2.24. The molecule has 1 aliphatic carbocycles. The lowest BCUT2D eigenvalue weighted by Crippen LogP contribution is -2.31. The molecule has 3 nitrogen and oxygen atoms in total. The van der Waals surface area contributed by atoms with Gasteiger partial charge in [0.1, 0.15) is 5.75 Å². The van der Waals surface area contributed by atoms with Gasteiger partial charge in [-0.15, -0.1) is 0 Å². The maximum atomic E-state index is 6.35. The van der Waals surface area contributed by atoms with Crippen molar-refractivity contribution in [3.05, 3.63) is 28.8 Å². The van der Waals surface area contributed by atoms with Gasteiger partial charge in [0.25, 0.3) is 0 Å². The van der Waals surface area contributed by atoms with Crippen LogP contribution in [0.15, 0.2) is 18.2 Å². The number of halogens is 1. The Hall–Kier alpha value is -0.770. The van der Waals surface area contributed by atoms with E-state index in [4.69, 9.17) is 26.8 Å². The van der Waals surface area contributed by atoms with Crippen molar-refractivity contribution in [2.24, 2.45) is 11.7 Å². The first-order chi connectivity index (χ1) is 8.67. The van der Waals surface area contributed by atoms with Crippen molar-refractivity contribution in [3.63, 3.8) is 0 Å². The van der Waals surface area contributed by atoms with Crippen LogP contribution in [0.25, 0.3) is 0 Å². The van der Waals surface area contributed by atoms with Gasteiger partial charge in [0.05, 0.1) is 19.3 Å². The molecule has 1 aromatic carbocycles. The molecule has 4 heteroatoms. The van der Waals surface area contributed by atoms with Crippen molar-refractivity contribution < 1.29 is 9.47 Å². The molecule has 2 rings (SSSR count). The Kier molecular flexibility index (Phi) is 4.49. The van der Waals surface area contributed by atoms with Crippen LogP contribution < -0.4 is 10.5 Å². The number of rotatable bonds is 6. The molecule has 2 unspecified atom stereocenters. The summed E-state index contributed by atoms with van der Waals surface area (Å²) in [4.78, 5) is 0. The number of benzene rings is 1. The molecule has 2 N–H and O–H groups in total. The molecule has 18 heavy (non-hydrogen) atoms. The molecular formula is C14H20ClNO2. The van der Waals surface area contributed by atoms with Crippen molar-refractivity contribution in [3.8, 4) is 5.75 Å². The molecule has 1 aliphatic rings. The Labute approximate surface area is 113 Å². The summed E-state index contributed by atoms with van der Waals surface area (Å²) >= 11 is 6.04. The zero-order valence-corrected chi connectivity index (χ0v) is 11.6. The van der Waals surface area contributed by atoms with Crippen LogP contribution in [0.4, 0.5) is 0 Å². The average Bonchev–Trinajstić information content (AvgIpc) is 3.19. The molecule has 0 aromatic heterocycles. The van der Waals surface area contributed by atoms with E-state index in [2.05, 4.69) is 0 Å². The fourth-order valence-electron chi connectivity index (χ4n) is 2.29. The number of ether oxygens (including phenoxy) is 2. The molecule has 100 valence electrons. The van der Waals surface area contributed by atoms with Crippen LogP contribution in [-0.4, -0.2) is 19.8 Å². The second-order valence-corrected chi connectivity index (χ2v) is 5.11. The first-order valence-electron chi connectivity index (χ1n) is 6.38. The van der Waals surface area contributed by atoms with Crippen LogP contribution >= 0.6 is 11.6 Å². The molecule has 0 bridgehead atoms. The van der Waals surface area contributed by atoms with E-state index in [0.717, 1.165) is 11.3 Å². The summed E-state index contributed by atoms with van der Waals surface area (Å²) in [7, 11) is 1.65. The number of hydrogen-bond donors (Lipinski definition) is 1. The molecular weight excluding hydrogens is 250 g/mol. The van der Waals surface area contributed by atoms with Gasteiger partial charge in [0, 0.05) is 17.2 Å². The van der Waals surface area contributed by atoms with Gasteiger partial charge in [-0.1, -0.05) is 11.6 Å². The van der Waals surface area contributed by atoms with Gasteiger partial charge in [-0.3, -0.25) is 0 Å². The average molecular weight is 270 g/mol. The van der Waals surface area contributed by atoms with E-state index in [1.807, 2.05) is 25.1 Å². The number of hydrogen-bond acceptors (Lipinski definition) is 3. The fraction of sp³-hybridized carbons (Fsp3) is 0.571. The maximum absolute atomic E-state index is 6.35. The zero-order valence-electron chi connectivity index (χ0n) is 10.9. The zero-order chi connectivity index (χ0) is 13.1. The molecule has 0 amide bonds. The van der Waals surface area contributed by atoms with Crippen molar-refractivity contribution >= 4 is 11.6 Å². The van der Waals surface area contributed by atoms with Crippen LogP contribution in [0.5, 0.6) is 5.75 Å². The minimum absolute atomic E-state index is 0.0577. The van der Waals surface area contributed by atoms with E-state index >= 15 is 0 Å². The van der Waals surface area contributed by atoms with Crippen LogP contribution in [-0.2, 0) is 4.74 Å². The lowest BCUT2D eigenvalue weighted by Gasteiger charge is -2.25. The van der Waals surface area contributed by atoms with E-state index in [1.54, 1.807) is 7.11 Å². The van der Waals surface area contributed by atoms with Crippen molar-refractivity contribution in [1.29, 1.82) is 0 Å². The third kappa shape index (κ3) is 2.97. The summed E-state index contributed by atoms with van der Waals surface area (Å²) in [5.41, 5.74) is 7.27. The lowest BCUT2D eigenvalue weighted by molar-refractivity contribution is 0.0278. The van der Waals surface area contributed by atoms with Crippen molar-refractivity contribution in [2.45, 2.75) is 31.9 Å². The summed E-state index contributed by atoms with van der Waals surface area (Å²) in [6.45, 7) is 2.68. The second kappa shape index (κ2) is 5.91.